The molecule has 0 unspecified atom stereocenters. The fraction of sp³-hybridized carbons (Fsp3) is 0.500. The van der Waals surface area contributed by atoms with E-state index in [-0.39, 0.29) is 31.9 Å². The third-order valence-electron chi connectivity index (χ3n) is 9.46. The lowest BCUT2D eigenvalue weighted by molar-refractivity contribution is -0.155. The highest BCUT2D eigenvalue weighted by molar-refractivity contribution is 7.91. The lowest BCUT2D eigenvalue weighted by atomic mass is 10.1. The van der Waals surface area contributed by atoms with Crippen LogP contribution >= 0.6 is 0 Å². The zero-order valence-corrected chi connectivity index (χ0v) is 28.3. The molecule has 4 aliphatic rings. The number of halogens is 3. The Labute approximate surface area is 292 Å². The van der Waals surface area contributed by atoms with Crippen molar-refractivity contribution in [3.8, 4) is 5.88 Å². The molecule has 5 atom stereocenters. The molecule has 17 heteroatoms. The van der Waals surface area contributed by atoms with E-state index in [0.717, 1.165) is 15.8 Å². The molecular weight excluding hydrogens is 695 g/mol. The summed E-state index contributed by atoms with van der Waals surface area (Å²) < 4.78 is 79.9. The quantitative estimate of drug-likeness (QED) is 0.360. The first-order valence-electron chi connectivity index (χ1n) is 16.7. The zero-order chi connectivity index (χ0) is 36.6. The average molecular weight is 734 g/mol. The number of alkyl halides is 3. The summed E-state index contributed by atoms with van der Waals surface area (Å²) in [7, 11) is -3.99. The molecule has 2 aliphatic heterocycles. The number of sulfonamides is 1. The van der Waals surface area contributed by atoms with Crippen LogP contribution < -0.4 is 20.1 Å². The van der Waals surface area contributed by atoms with Crippen LogP contribution in [0.2, 0.25) is 0 Å². The molecule has 3 heterocycles. The van der Waals surface area contributed by atoms with Crippen LogP contribution in [0.15, 0.2) is 49.2 Å². The van der Waals surface area contributed by atoms with E-state index < -0.39 is 81.3 Å². The van der Waals surface area contributed by atoms with Crippen molar-refractivity contribution in [3.05, 3.63) is 54.8 Å². The maximum absolute atomic E-state index is 14.0. The van der Waals surface area contributed by atoms with Gasteiger partial charge in [0.15, 0.2) is 0 Å². The second kappa shape index (κ2) is 14.2. The largest absolute Gasteiger partial charge is 0.472 e. The third kappa shape index (κ3) is 8.29. The summed E-state index contributed by atoms with van der Waals surface area (Å²) in [4.78, 5) is 59.1. The van der Waals surface area contributed by atoms with Crippen molar-refractivity contribution in [1.29, 1.82) is 0 Å². The summed E-state index contributed by atoms with van der Waals surface area (Å²) in [6.45, 7) is 3.19. The molecule has 4 bridgehead atoms. The van der Waals surface area contributed by atoms with Crippen molar-refractivity contribution in [1.82, 2.24) is 25.2 Å². The summed E-state index contributed by atoms with van der Waals surface area (Å²) in [5, 5.41) is 5.29. The lowest BCUT2D eigenvalue weighted by Crippen LogP contribution is -2.58. The molecule has 1 saturated heterocycles. The van der Waals surface area contributed by atoms with Crippen LogP contribution in [0.5, 0.6) is 5.88 Å². The molecule has 3 N–H and O–H groups in total. The number of cyclic esters (lactones) is 1. The van der Waals surface area contributed by atoms with Gasteiger partial charge in [-0.05, 0) is 61.6 Å². The van der Waals surface area contributed by atoms with Crippen molar-refractivity contribution in [3.63, 3.8) is 0 Å². The monoisotopic (exact) mass is 733 g/mol. The number of alkyl carbamates (subject to hydrolysis) is 1. The number of aromatic nitrogens is 1. The summed E-state index contributed by atoms with van der Waals surface area (Å²) in [5.41, 5.74) is -0.869. The van der Waals surface area contributed by atoms with E-state index in [0.29, 0.717) is 37.5 Å². The molecule has 4 amide bonds. The van der Waals surface area contributed by atoms with Gasteiger partial charge >= 0.3 is 12.3 Å². The Morgan fingerprint density at radius 2 is 1.96 bits per heavy atom. The van der Waals surface area contributed by atoms with E-state index in [1.54, 1.807) is 6.07 Å². The van der Waals surface area contributed by atoms with E-state index in [1.807, 2.05) is 40.4 Å². The van der Waals surface area contributed by atoms with Crippen LogP contribution in [-0.2, 0) is 29.1 Å². The summed E-state index contributed by atoms with van der Waals surface area (Å²) in [6.07, 6.45) is 0.131. The molecule has 0 radical (unpaired) electrons. The number of amides is 4. The van der Waals surface area contributed by atoms with E-state index in [4.69, 9.17) is 9.47 Å². The van der Waals surface area contributed by atoms with Crippen molar-refractivity contribution in [2.24, 2.45) is 5.92 Å². The number of ether oxygens (including phenoxy) is 2. The first kappa shape index (κ1) is 36.1. The Morgan fingerprint density at radius 1 is 1.18 bits per heavy atom. The Kier molecular flexibility index (Phi) is 10.0. The second-order valence-corrected chi connectivity index (χ2v) is 15.3. The van der Waals surface area contributed by atoms with Crippen LogP contribution in [0.3, 0.4) is 0 Å². The number of rotatable bonds is 7. The number of fused-ring (bicyclic) bond motifs is 3. The van der Waals surface area contributed by atoms with Gasteiger partial charge in [-0.2, -0.15) is 13.2 Å². The Bertz CT molecular complexity index is 1870. The molecule has 13 nitrogen and oxygen atoms in total. The van der Waals surface area contributed by atoms with Gasteiger partial charge < -0.3 is 25.0 Å². The minimum Gasteiger partial charge on any atom is -0.472 e. The SMILES string of the molecule is C=C[C@@H]1C[C@]1(NC(=O)[C@@H]1C[C@@H]2CN1C(=O)[C@@H](CC(F)(F)F)NC(=O)OCCCC/C=C\c1ccc3ccnc(c3c1)O2)C(=O)NS(=O)(=O)C1CC1. The van der Waals surface area contributed by atoms with Crippen molar-refractivity contribution >= 4 is 50.7 Å². The van der Waals surface area contributed by atoms with Gasteiger partial charge in [0.1, 0.15) is 23.7 Å². The van der Waals surface area contributed by atoms with Crippen LogP contribution in [-0.4, -0.2) is 90.4 Å². The molecule has 6 rings (SSSR count). The predicted octanol–water partition coefficient (Wildman–Crippen LogP) is 3.50. The summed E-state index contributed by atoms with van der Waals surface area (Å²) in [6, 6.07) is 3.78. The van der Waals surface area contributed by atoms with Crippen LogP contribution in [0.4, 0.5) is 18.0 Å². The van der Waals surface area contributed by atoms with E-state index >= 15 is 0 Å². The maximum atomic E-state index is 14.0. The topological polar surface area (TPSA) is 173 Å². The Hall–Kier alpha value is -4.67. The summed E-state index contributed by atoms with van der Waals surface area (Å²) in [5.74, 6) is -3.61. The molecule has 51 heavy (non-hydrogen) atoms. The number of benzene rings is 1. The van der Waals surface area contributed by atoms with Gasteiger partial charge in [-0.25, -0.2) is 18.2 Å². The standard InChI is InChI=1S/C34H38F3N5O8S/c1-2-22-17-33(22,31(45)41-51(47,48)24-10-11-24)40-28(43)27-16-23-19-42(27)30(44)26(18-34(35,36)37)39-32(46)49-14-6-4-3-5-7-20-8-9-21-12-13-38-29(50-23)25(21)15-20/h2,5,7-9,12-13,15,22-24,26-27H,1,3-4,6,10-11,14,16-19H2,(H,39,46)(H,40,43)(H,41,45)/b7-5-/t22-,23-,26-,27+,33-/m1/s1. The Balaban J connectivity index is 1.33. The second-order valence-electron chi connectivity index (χ2n) is 13.3. The van der Waals surface area contributed by atoms with Gasteiger partial charge in [0.2, 0.25) is 27.7 Å². The predicted molar refractivity (Wildman–Crippen MR) is 177 cm³/mol. The Morgan fingerprint density at radius 3 is 2.67 bits per heavy atom. The molecule has 274 valence electrons. The number of hydrogen-bond acceptors (Lipinski definition) is 9. The molecule has 1 aromatic carbocycles. The van der Waals surface area contributed by atoms with Crippen molar-refractivity contribution in [2.75, 3.05) is 13.2 Å². The average Bonchev–Trinajstić information content (AvgIpc) is 3.99. The van der Waals surface area contributed by atoms with Gasteiger partial charge in [-0.1, -0.05) is 30.4 Å². The fourth-order valence-electron chi connectivity index (χ4n) is 6.47. The van der Waals surface area contributed by atoms with Gasteiger partial charge in [0, 0.05) is 23.9 Å². The number of pyridine rings is 1. The van der Waals surface area contributed by atoms with E-state index in [1.165, 1.54) is 12.3 Å². The van der Waals surface area contributed by atoms with Crippen LogP contribution in [0.25, 0.3) is 16.8 Å². The highest BCUT2D eigenvalue weighted by Crippen LogP contribution is 2.45. The van der Waals surface area contributed by atoms with Gasteiger partial charge in [0.25, 0.3) is 5.91 Å². The molecular formula is C34H38F3N5O8S. The smallest absolute Gasteiger partial charge is 0.407 e. The fourth-order valence-corrected chi connectivity index (χ4v) is 7.84. The minimum absolute atomic E-state index is 0.00958. The molecule has 2 aliphatic carbocycles. The highest BCUT2D eigenvalue weighted by atomic mass is 32.2. The van der Waals surface area contributed by atoms with Crippen molar-refractivity contribution in [2.45, 2.75) is 86.5 Å². The van der Waals surface area contributed by atoms with E-state index in [9.17, 15) is 40.8 Å². The minimum atomic E-state index is -4.90. The highest BCUT2D eigenvalue weighted by Gasteiger charge is 2.62. The van der Waals surface area contributed by atoms with Gasteiger partial charge in [-0.15, -0.1) is 6.58 Å². The normalized spacial score (nSPS) is 27.9. The molecule has 2 saturated carbocycles. The summed E-state index contributed by atoms with van der Waals surface area (Å²) >= 11 is 0. The number of hydrogen-bond donors (Lipinski definition) is 3. The van der Waals surface area contributed by atoms with Crippen molar-refractivity contribution < 1.29 is 50.2 Å². The first-order chi connectivity index (χ1) is 24.2. The van der Waals surface area contributed by atoms with Gasteiger partial charge in [0.05, 0.1) is 24.8 Å². The number of nitrogens with zero attached hydrogens (tertiary/aromatic N) is 2. The molecule has 0 spiro atoms. The van der Waals surface area contributed by atoms with Crippen LogP contribution in [0, 0.1) is 5.92 Å². The third-order valence-corrected chi connectivity index (χ3v) is 11.3. The zero-order valence-electron chi connectivity index (χ0n) is 27.5. The van der Waals surface area contributed by atoms with Gasteiger partial charge in [-0.3, -0.25) is 19.1 Å². The molecule has 2 aromatic rings. The van der Waals surface area contributed by atoms with E-state index in [2.05, 4.69) is 16.9 Å². The number of allylic oxidation sites excluding steroid dienone is 1. The maximum Gasteiger partial charge on any atom is 0.407 e. The van der Waals surface area contributed by atoms with Crippen LogP contribution in [0.1, 0.15) is 56.9 Å². The number of carbonyl (C=O) groups excluding carboxylic acids is 4. The molecule has 3 fully saturated rings. The number of carbonyl (C=O) groups is 4. The first-order valence-corrected chi connectivity index (χ1v) is 18.3. The molecule has 1 aromatic heterocycles. The lowest BCUT2D eigenvalue weighted by Gasteiger charge is -2.30. The number of nitrogens with one attached hydrogen (secondary N) is 3.